The van der Waals surface area contributed by atoms with Crippen molar-refractivity contribution in [3.05, 3.63) is 29.6 Å². The van der Waals surface area contributed by atoms with Gasteiger partial charge in [-0.05, 0) is 38.8 Å². The van der Waals surface area contributed by atoms with Crippen molar-refractivity contribution in [3.63, 3.8) is 0 Å². The Bertz CT molecular complexity index is 600. The maximum absolute atomic E-state index is 13.4. The molecule has 1 fully saturated rings. The van der Waals surface area contributed by atoms with Gasteiger partial charge in [0.05, 0.1) is 11.0 Å². The summed E-state index contributed by atoms with van der Waals surface area (Å²) >= 11 is 0. The first-order chi connectivity index (χ1) is 9.15. The van der Waals surface area contributed by atoms with Crippen molar-refractivity contribution in [2.24, 2.45) is 5.92 Å². The van der Waals surface area contributed by atoms with Crippen LogP contribution < -0.4 is 5.32 Å². The van der Waals surface area contributed by atoms with Crippen LogP contribution in [0.2, 0.25) is 0 Å². The zero-order valence-electron chi connectivity index (χ0n) is 10.9. The lowest BCUT2D eigenvalue weighted by atomic mass is 9.98. The number of nitrogens with zero attached hydrogens (tertiary/aromatic N) is 2. The lowest BCUT2D eigenvalue weighted by Gasteiger charge is -2.23. The highest BCUT2D eigenvalue weighted by Crippen LogP contribution is 2.23. The molecule has 0 bridgehead atoms. The summed E-state index contributed by atoms with van der Waals surface area (Å²) in [5.74, 6) is -0.248. The largest absolute Gasteiger partial charge is 0.328 e. The fourth-order valence-electron chi connectivity index (χ4n) is 2.79. The molecule has 3 nitrogen and oxygen atoms in total. The molecule has 0 saturated carbocycles. The van der Waals surface area contributed by atoms with Gasteiger partial charge in [-0.2, -0.15) is 0 Å². The summed E-state index contributed by atoms with van der Waals surface area (Å²) in [6.45, 7) is 4.77. The first-order valence-corrected chi connectivity index (χ1v) is 6.68. The van der Waals surface area contributed by atoms with Crippen molar-refractivity contribution in [2.45, 2.75) is 26.3 Å². The molecule has 1 aromatic heterocycles. The van der Waals surface area contributed by atoms with Crippen LogP contribution >= 0.6 is 0 Å². The molecule has 2 heterocycles. The minimum Gasteiger partial charge on any atom is -0.328 e. The molecule has 1 saturated heterocycles. The molecule has 0 atom stereocenters. The third-order valence-electron chi connectivity index (χ3n) is 3.88. The average molecular weight is 265 g/mol. The smallest absolute Gasteiger partial charge is 0.161 e. The van der Waals surface area contributed by atoms with Gasteiger partial charge in [-0.3, -0.25) is 0 Å². The van der Waals surface area contributed by atoms with Gasteiger partial charge in [-0.25, -0.2) is 13.8 Å². The summed E-state index contributed by atoms with van der Waals surface area (Å²) in [5, 5.41) is 3.33. The second-order valence-electron chi connectivity index (χ2n) is 5.22. The summed E-state index contributed by atoms with van der Waals surface area (Å²) in [4.78, 5) is 4.32. The van der Waals surface area contributed by atoms with Gasteiger partial charge in [0.2, 0.25) is 0 Å². The zero-order valence-corrected chi connectivity index (χ0v) is 10.9. The van der Waals surface area contributed by atoms with Gasteiger partial charge in [0.1, 0.15) is 5.82 Å². The minimum atomic E-state index is -0.834. The number of hydrogen-bond donors (Lipinski definition) is 1. The number of imidazole rings is 1. The summed E-state index contributed by atoms with van der Waals surface area (Å²) < 4.78 is 28.6. The van der Waals surface area contributed by atoms with Crippen LogP contribution in [0.15, 0.2) is 12.1 Å². The van der Waals surface area contributed by atoms with Crippen molar-refractivity contribution in [1.29, 1.82) is 0 Å². The maximum Gasteiger partial charge on any atom is 0.161 e. The van der Waals surface area contributed by atoms with Gasteiger partial charge in [0, 0.05) is 18.7 Å². The molecular weight excluding hydrogens is 248 g/mol. The molecule has 0 unspecified atom stereocenters. The molecule has 1 N–H and O–H groups in total. The Morgan fingerprint density at radius 2 is 1.95 bits per heavy atom. The van der Waals surface area contributed by atoms with E-state index in [9.17, 15) is 8.78 Å². The van der Waals surface area contributed by atoms with E-state index in [2.05, 4.69) is 10.3 Å². The van der Waals surface area contributed by atoms with Crippen molar-refractivity contribution in [3.8, 4) is 0 Å². The Kier molecular flexibility index (Phi) is 3.22. The van der Waals surface area contributed by atoms with E-state index >= 15 is 0 Å². The highest BCUT2D eigenvalue weighted by molar-refractivity contribution is 5.76. The second-order valence-corrected chi connectivity index (χ2v) is 5.22. The third kappa shape index (κ3) is 2.34. The highest BCUT2D eigenvalue weighted by Gasteiger charge is 2.17. The summed E-state index contributed by atoms with van der Waals surface area (Å²) in [7, 11) is 0. The van der Waals surface area contributed by atoms with E-state index in [1.54, 1.807) is 0 Å². The van der Waals surface area contributed by atoms with Crippen molar-refractivity contribution in [2.75, 3.05) is 13.1 Å². The molecule has 0 spiro atoms. The monoisotopic (exact) mass is 265 g/mol. The van der Waals surface area contributed by atoms with Crippen LogP contribution in [0.5, 0.6) is 0 Å². The number of aromatic nitrogens is 2. The molecule has 5 heteroatoms. The number of nitrogens with one attached hydrogen (secondary N) is 1. The topological polar surface area (TPSA) is 29.9 Å². The Hall–Kier alpha value is -1.49. The van der Waals surface area contributed by atoms with Gasteiger partial charge in [-0.15, -0.1) is 0 Å². The van der Waals surface area contributed by atoms with Gasteiger partial charge < -0.3 is 9.88 Å². The summed E-state index contributed by atoms with van der Waals surface area (Å²) in [6, 6.07) is 2.43. The third-order valence-corrected chi connectivity index (χ3v) is 3.88. The Morgan fingerprint density at radius 3 is 2.68 bits per heavy atom. The maximum atomic E-state index is 13.4. The molecular formula is C14H17F2N3. The predicted molar refractivity (Wildman–Crippen MR) is 70.0 cm³/mol. The standard InChI is InChI=1S/C14H17F2N3/c1-9-18-13-6-11(15)12(16)7-14(13)19(9)8-10-2-4-17-5-3-10/h6-7,10,17H,2-5,8H2,1H3. The number of rotatable bonds is 2. The molecule has 2 aromatic rings. The summed E-state index contributed by atoms with van der Waals surface area (Å²) in [6.07, 6.45) is 2.23. The van der Waals surface area contributed by atoms with E-state index in [0.29, 0.717) is 17.0 Å². The summed E-state index contributed by atoms with van der Waals surface area (Å²) in [5.41, 5.74) is 1.22. The van der Waals surface area contributed by atoms with Crippen LogP contribution in [0, 0.1) is 24.5 Å². The van der Waals surface area contributed by atoms with Gasteiger partial charge in [-0.1, -0.05) is 0 Å². The van der Waals surface area contributed by atoms with Crippen LogP contribution in [0.25, 0.3) is 11.0 Å². The highest BCUT2D eigenvalue weighted by atomic mass is 19.2. The van der Waals surface area contributed by atoms with Crippen molar-refractivity contribution in [1.82, 2.24) is 14.9 Å². The molecule has 1 aliphatic heterocycles. The minimum absolute atomic E-state index is 0.533. The lowest BCUT2D eigenvalue weighted by molar-refractivity contribution is 0.334. The molecule has 3 rings (SSSR count). The number of hydrogen-bond acceptors (Lipinski definition) is 2. The molecule has 19 heavy (non-hydrogen) atoms. The number of fused-ring (bicyclic) bond motifs is 1. The Labute approximate surface area is 110 Å². The fourth-order valence-corrected chi connectivity index (χ4v) is 2.79. The molecule has 1 aromatic carbocycles. The average Bonchev–Trinajstić information content (AvgIpc) is 2.68. The molecule has 102 valence electrons. The second kappa shape index (κ2) is 4.89. The van der Waals surface area contributed by atoms with Crippen LogP contribution in [0.3, 0.4) is 0 Å². The zero-order chi connectivity index (χ0) is 13.4. The van der Waals surface area contributed by atoms with Gasteiger partial charge in [0.25, 0.3) is 0 Å². The van der Waals surface area contributed by atoms with Crippen LogP contribution in [-0.2, 0) is 6.54 Å². The normalized spacial score (nSPS) is 17.2. The first-order valence-electron chi connectivity index (χ1n) is 6.68. The van der Waals surface area contributed by atoms with Crippen LogP contribution in [0.1, 0.15) is 18.7 Å². The fraction of sp³-hybridized carbons (Fsp3) is 0.500. The lowest BCUT2D eigenvalue weighted by Crippen LogP contribution is -2.30. The van der Waals surface area contributed by atoms with E-state index < -0.39 is 11.6 Å². The van der Waals surface area contributed by atoms with Crippen molar-refractivity contribution < 1.29 is 8.78 Å². The molecule has 0 aliphatic carbocycles. The number of benzene rings is 1. The SMILES string of the molecule is Cc1nc2cc(F)c(F)cc2n1CC1CCNCC1. The number of piperidine rings is 1. The Morgan fingerprint density at radius 1 is 1.26 bits per heavy atom. The van der Waals surface area contributed by atoms with E-state index in [4.69, 9.17) is 0 Å². The van der Waals surface area contributed by atoms with Crippen LogP contribution in [0.4, 0.5) is 8.78 Å². The van der Waals surface area contributed by atoms with Crippen molar-refractivity contribution >= 4 is 11.0 Å². The number of aryl methyl sites for hydroxylation is 1. The van der Waals surface area contributed by atoms with E-state index in [-0.39, 0.29) is 0 Å². The molecule has 1 aliphatic rings. The van der Waals surface area contributed by atoms with Gasteiger partial charge in [0.15, 0.2) is 11.6 Å². The first kappa shape index (κ1) is 12.5. The van der Waals surface area contributed by atoms with Gasteiger partial charge >= 0.3 is 0 Å². The molecule has 0 radical (unpaired) electrons. The predicted octanol–water partition coefficient (Wildman–Crippen LogP) is 2.62. The van der Waals surface area contributed by atoms with E-state index in [1.807, 2.05) is 11.5 Å². The van der Waals surface area contributed by atoms with Crippen LogP contribution in [-0.4, -0.2) is 22.6 Å². The number of halogens is 2. The molecule has 0 amide bonds. The Balaban J connectivity index is 1.97. The van der Waals surface area contributed by atoms with E-state index in [0.717, 1.165) is 38.3 Å². The van der Waals surface area contributed by atoms with E-state index in [1.165, 1.54) is 12.1 Å². The quantitative estimate of drug-likeness (QED) is 0.904.